The minimum absolute atomic E-state index is 0.284. The lowest BCUT2D eigenvalue weighted by atomic mass is 9.77. The predicted molar refractivity (Wildman–Crippen MR) is 107 cm³/mol. The van der Waals surface area contributed by atoms with Gasteiger partial charge in [-0.3, -0.25) is 4.99 Å². The number of benzene rings is 1. The summed E-state index contributed by atoms with van der Waals surface area (Å²) in [6.07, 6.45) is 6.96. The van der Waals surface area contributed by atoms with Crippen molar-refractivity contribution in [2.45, 2.75) is 53.6 Å². The van der Waals surface area contributed by atoms with Gasteiger partial charge in [0.15, 0.2) is 0 Å². The molecule has 5 heteroatoms. The first-order valence-electron chi connectivity index (χ1n) is 8.90. The monoisotopic (exact) mass is 345 g/mol. The summed E-state index contributed by atoms with van der Waals surface area (Å²) in [5, 5.41) is 10.4. The number of aliphatic imine (C=N–C) groups is 1. The Morgan fingerprint density at radius 3 is 2.52 bits per heavy atom. The molecule has 1 unspecified atom stereocenters. The summed E-state index contributed by atoms with van der Waals surface area (Å²) in [7, 11) is 0.602. The zero-order chi connectivity index (χ0) is 19.0. The first-order chi connectivity index (χ1) is 11.7. The quantitative estimate of drug-likeness (QED) is 0.416. The molecule has 25 heavy (non-hydrogen) atoms. The molecule has 0 fully saturated rings. The molecule has 0 saturated heterocycles. The Kier molecular flexibility index (Phi) is 8.40. The summed E-state index contributed by atoms with van der Waals surface area (Å²) in [5.41, 5.74) is 0.980. The molecule has 1 N–H and O–H groups in total. The van der Waals surface area contributed by atoms with Crippen LogP contribution in [0.3, 0.4) is 0 Å². The maximum atomic E-state index is 10.4. The van der Waals surface area contributed by atoms with Gasteiger partial charge in [-0.1, -0.05) is 39.0 Å². The normalized spacial score (nSPS) is 13.8. The number of methoxy groups -OCH3 is 1. The first kappa shape index (κ1) is 21.5. The van der Waals surface area contributed by atoms with E-state index < -0.39 is 12.7 Å². The van der Waals surface area contributed by atoms with Crippen LogP contribution in [-0.4, -0.2) is 31.1 Å². The van der Waals surface area contributed by atoms with Crippen molar-refractivity contribution in [3.63, 3.8) is 0 Å². The fraction of sp³-hybridized carbons (Fsp3) is 0.550. The number of hydrogen-bond acceptors (Lipinski definition) is 4. The Labute approximate surface area is 153 Å². The van der Waals surface area contributed by atoms with E-state index in [9.17, 15) is 5.02 Å². The fourth-order valence-corrected chi connectivity index (χ4v) is 2.17. The summed E-state index contributed by atoms with van der Waals surface area (Å²) >= 11 is 0. The molecular formula is C20H32BNO3. The van der Waals surface area contributed by atoms with Gasteiger partial charge < -0.3 is 14.4 Å². The van der Waals surface area contributed by atoms with Crippen molar-refractivity contribution in [2.24, 2.45) is 16.8 Å². The summed E-state index contributed by atoms with van der Waals surface area (Å²) in [6, 6.07) is 5.45. The molecule has 0 heterocycles. The van der Waals surface area contributed by atoms with Gasteiger partial charge in [0.1, 0.15) is 11.4 Å². The maximum Gasteiger partial charge on any atom is 0.491 e. The van der Waals surface area contributed by atoms with Crippen LogP contribution in [0.15, 0.2) is 35.3 Å². The lowest BCUT2D eigenvalue weighted by molar-refractivity contribution is 0.0423. The van der Waals surface area contributed by atoms with Crippen LogP contribution in [0.25, 0.3) is 0 Å². The Morgan fingerprint density at radius 2 is 1.96 bits per heavy atom. The number of ether oxygens (including phenoxy) is 1. The molecule has 1 atom stereocenters. The Hall–Kier alpha value is -1.59. The highest BCUT2D eigenvalue weighted by atomic mass is 16.5. The minimum Gasteiger partial charge on any atom is -0.495 e. The average molecular weight is 345 g/mol. The van der Waals surface area contributed by atoms with Gasteiger partial charge in [0, 0.05) is 6.21 Å². The SMILES string of the molecule is C/C=C\C(C)CC=Nc1ccc(B(O)OC(C)(C)C(C)C)cc1OC. The third-order valence-electron chi connectivity index (χ3n) is 4.52. The van der Waals surface area contributed by atoms with E-state index in [2.05, 4.69) is 31.8 Å². The average Bonchev–Trinajstić information content (AvgIpc) is 2.54. The highest BCUT2D eigenvalue weighted by molar-refractivity contribution is 6.60. The fourth-order valence-electron chi connectivity index (χ4n) is 2.17. The van der Waals surface area contributed by atoms with Crippen LogP contribution >= 0.6 is 0 Å². The van der Waals surface area contributed by atoms with Gasteiger partial charge in [-0.25, -0.2) is 0 Å². The van der Waals surface area contributed by atoms with Gasteiger partial charge in [0.25, 0.3) is 0 Å². The standard InChI is InChI=1S/C20H32BNO3/c1-8-9-16(4)12-13-22-18-11-10-17(14-19(18)24-7)21(23)25-20(5,6)15(2)3/h8-11,13-16,23H,12H2,1-7H3/b9-8-,22-13?. The van der Waals surface area contributed by atoms with Crippen LogP contribution < -0.4 is 10.2 Å². The molecule has 0 aliphatic rings. The van der Waals surface area contributed by atoms with E-state index in [1.807, 2.05) is 45.2 Å². The van der Waals surface area contributed by atoms with Crippen molar-refractivity contribution in [2.75, 3.05) is 7.11 Å². The molecule has 4 nitrogen and oxygen atoms in total. The molecule has 0 bridgehead atoms. The van der Waals surface area contributed by atoms with Gasteiger partial charge >= 0.3 is 7.12 Å². The van der Waals surface area contributed by atoms with Crippen molar-refractivity contribution in [1.82, 2.24) is 0 Å². The van der Waals surface area contributed by atoms with Crippen molar-refractivity contribution in [1.29, 1.82) is 0 Å². The number of allylic oxidation sites excluding steroid dienone is 2. The van der Waals surface area contributed by atoms with Gasteiger partial charge in [-0.05, 0) is 56.6 Å². The van der Waals surface area contributed by atoms with Crippen molar-refractivity contribution in [3.05, 3.63) is 30.4 Å². The highest BCUT2D eigenvalue weighted by Crippen LogP contribution is 2.26. The molecule has 0 saturated carbocycles. The second-order valence-corrected chi connectivity index (χ2v) is 7.21. The van der Waals surface area contributed by atoms with Crippen molar-refractivity contribution in [3.8, 4) is 5.75 Å². The molecule has 0 radical (unpaired) electrons. The third kappa shape index (κ3) is 6.67. The molecule has 1 rings (SSSR count). The smallest absolute Gasteiger partial charge is 0.491 e. The molecule has 138 valence electrons. The number of nitrogens with zero attached hydrogens (tertiary/aromatic N) is 1. The van der Waals surface area contributed by atoms with Crippen LogP contribution in [0, 0.1) is 11.8 Å². The molecule has 0 spiro atoms. The Bertz CT molecular complexity index is 597. The van der Waals surface area contributed by atoms with Crippen LogP contribution in [0.4, 0.5) is 5.69 Å². The third-order valence-corrected chi connectivity index (χ3v) is 4.52. The largest absolute Gasteiger partial charge is 0.495 e. The molecule has 0 aromatic heterocycles. The lowest BCUT2D eigenvalue weighted by Crippen LogP contribution is -2.44. The topological polar surface area (TPSA) is 51.1 Å². The minimum atomic E-state index is -1.00. The van der Waals surface area contributed by atoms with E-state index >= 15 is 0 Å². The van der Waals surface area contributed by atoms with E-state index in [4.69, 9.17) is 9.39 Å². The van der Waals surface area contributed by atoms with Crippen LogP contribution in [-0.2, 0) is 4.65 Å². The first-order valence-corrected chi connectivity index (χ1v) is 8.90. The zero-order valence-electron chi connectivity index (χ0n) is 16.6. The van der Waals surface area contributed by atoms with E-state index in [1.54, 1.807) is 13.2 Å². The van der Waals surface area contributed by atoms with Crippen molar-refractivity contribution < 1.29 is 14.4 Å². The van der Waals surface area contributed by atoms with Crippen LogP contribution in [0.5, 0.6) is 5.75 Å². The van der Waals surface area contributed by atoms with Crippen LogP contribution in [0.1, 0.15) is 48.0 Å². The second-order valence-electron chi connectivity index (χ2n) is 7.21. The number of rotatable bonds is 9. The number of hydrogen-bond donors (Lipinski definition) is 1. The summed E-state index contributed by atoms with van der Waals surface area (Å²) in [5.74, 6) is 1.36. The van der Waals surface area contributed by atoms with E-state index in [-0.39, 0.29) is 5.92 Å². The highest BCUT2D eigenvalue weighted by Gasteiger charge is 2.30. The molecule has 0 aliphatic heterocycles. The van der Waals surface area contributed by atoms with Gasteiger partial charge in [-0.2, -0.15) is 0 Å². The van der Waals surface area contributed by atoms with Gasteiger partial charge in [0.05, 0.1) is 12.7 Å². The molecule has 1 aromatic carbocycles. The summed E-state index contributed by atoms with van der Waals surface area (Å²) in [6.45, 7) is 12.3. The summed E-state index contributed by atoms with van der Waals surface area (Å²) in [4.78, 5) is 4.50. The van der Waals surface area contributed by atoms with Crippen LogP contribution in [0.2, 0.25) is 0 Å². The van der Waals surface area contributed by atoms with E-state index in [0.717, 1.165) is 12.1 Å². The molecule has 1 aromatic rings. The van der Waals surface area contributed by atoms with E-state index in [1.165, 1.54) is 0 Å². The molecule has 0 amide bonds. The predicted octanol–water partition coefficient (Wildman–Crippen LogP) is 4.14. The summed E-state index contributed by atoms with van der Waals surface area (Å²) < 4.78 is 11.2. The van der Waals surface area contributed by atoms with E-state index in [0.29, 0.717) is 17.1 Å². The van der Waals surface area contributed by atoms with Gasteiger partial charge in [-0.15, -0.1) is 0 Å². The molecule has 0 aliphatic carbocycles. The zero-order valence-corrected chi connectivity index (χ0v) is 16.6. The van der Waals surface area contributed by atoms with Gasteiger partial charge in [0.2, 0.25) is 0 Å². The second kappa shape index (κ2) is 9.78. The maximum absolute atomic E-state index is 10.4. The van der Waals surface area contributed by atoms with Crippen molar-refractivity contribution >= 4 is 24.5 Å². The lowest BCUT2D eigenvalue weighted by Gasteiger charge is -2.31. The Balaban J connectivity index is 2.89. The molecular weight excluding hydrogens is 313 g/mol. The Morgan fingerprint density at radius 1 is 1.28 bits per heavy atom.